The maximum atomic E-state index is 13.5. The van der Waals surface area contributed by atoms with E-state index in [2.05, 4.69) is 20.1 Å². The van der Waals surface area contributed by atoms with Crippen LogP contribution in [-0.4, -0.2) is 29.3 Å². The zero-order chi connectivity index (χ0) is 19.3. The Morgan fingerprint density at radius 3 is 2.64 bits per heavy atom. The van der Waals surface area contributed by atoms with Gasteiger partial charge >= 0.3 is 6.01 Å². The lowest BCUT2D eigenvalue weighted by Gasteiger charge is -2.05. The lowest BCUT2D eigenvalue weighted by molar-refractivity contribution is 0.427. The number of hydrogen-bond donors (Lipinski definition) is 0. The molecule has 0 spiro atoms. The molecule has 0 N–H and O–H groups in total. The Balaban J connectivity index is 1.48. The summed E-state index contributed by atoms with van der Waals surface area (Å²) in [4.78, 5) is 13.0. The molecule has 0 aliphatic carbocycles. The van der Waals surface area contributed by atoms with Crippen molar-refractivity contribution in [1.82, 2.24) is 29.3 Å². The molecule has 0 unspecified atom stereocenters. The first-order valence-electron chi connectivity index (χ1n) is 8.64. The third-order valence-corrected chi connectivity index (χ3v) is 4.58. The molecular formula is C20H15FN6O. The molecule has 5 aromatic rings. The van der Waals surface area contributed by atoms with Crippen molar-refractivity contribution in [3.63, 3.8) is 0 Å². The summed E-state index contributed by atoms with van der Waals surface area (Å²) in [7, 11) is 3.63. The average molecular weight is 374 g/mol. The standard InChI is InChI=1S/C20H15FN6O/c1-26-19-15(4-3-9-22-19)24-20(26)28-14-7-5-12(6-8-14)17-18-16(27(2)25-17)10-13(21)11-23-18/h3-11H,1-2H3. The van der Waals surface area contributed by atoms with E-state index in [-0.39, 0.29) is 5.82 Å². The number of ether oxygens (including phenoxy) is 1. The van der Waals surface area contributed by atoms with Crippen LogP contribution in [0.4, 0.5) is 4.39 Å². The minimum absolute atomic E-state index is 0.386. The number of imidazole rings is 1. The number of rotatable bonds is 3. The largest absolute Gasteiger partial charge is 0.425 e. The van der Waals surface area contributed by atoms with Crippen molar-refractivity contribution in [3.8, 4) is 23.0 Å². The Hall–Kier alpha value is -3.81. The number of halogens is 1. The number of aryl methyl sites for hydroxylation is 2. The number of benzene rings is 1. The molecule has 0 atom stereocenters. The van der Waals surface area contributed by atoms with Crippen LogP contribution in [0.2, 0.25) is 0 Å². The van der Waals surface area contributed by atoms with E-state index in [1.807, 2.05) is 43.4 Å². The van der Waals surface area contributed by atoms with Gasteiger partial charge in [-0.2, -0.15) is 10.1 Å². The van der Waals surface area contributed by atoms with Crippen LogP contribution in [0.15, 0.2) is 54.9 Å². The molecule has 0 saturated carbocycles. The van der Waals surface area contributed by atoms with E-state index in [9.17, 15) is 4.39 Å². The van der Waals surface area contributed by atoms with Gasteiger partial charge in [-0.15, -0.1) is 0 Å². The second-order valence-electron chi connectivity index (χ2n) is 6.42. The quantitative estimate of drug-likeness (QED) is 0.480. The van der Waals surface area contributed by atoms with Crippen LogP contribution >= 0.6 is 0 Å². The van der Waals surface area contributed by atoms with Gasteiger partial charge in [0.05, 0.1) is 11.7 Å². The second-order valence-corrected chi connectivity index (χ2v) is 6.42. The molecule has 7 nitrogen and oxygen atoms in total. The Kier molecular flexibility index (Phi) is 3.58. The van der Waals surface area contributed by atoms with E-state index in [1.54, 1.807) is 22.5 Å². The normalized spacial score (nSPS) is 11.4. The molecule has 4 heterocycles. The lowest BCUT2D eigenvalue weighted by atomic mass is 10.1. The fourth-order valence-corrected chi connectivity index (χ4v) is 3.18. The maximum absolute atomic E-state index is 13.5. The van der Waals surface area contributed by atoms with Gasteiger partial charge in [0.15, 0.2) is 5.65 Å². The number of fused-ring (bicyclic) bond motifs is 2. The van der Waals surface area contributed by atoms with E-state index in [0.29, 0.717) is 28.5 Å². The van der Waals surface area contributed by atoms with Crippen molar-refractivity contribution >= 4 is 22.2 Å². The topological polar surface area (TPSA) is 70.7 Å². The van der Waals surface area contributed by atoms with Crippen LogP contribution in [0.1, 0.15) is 0 Å². The number of pyridine rings is 2. The maximum Gasteiger partial charge on any atom is 0.303 e. The van der Waals surface area contributed by atoms with Crippen LogP contribution in [-0.2, 0) is 14.1 Å². The third-order valence-electron chi connectivity index (χ3n) is 4.58. The highest BCUT2D eigenvalue weighted by atomic mass is 19.1. The van der Waals surface area contributed by atoms with E-state index < -0.39 is 0 Å². The molecule has 0 amide bonds. The summed E-state index contributed by atoms with van der Waals surface area (Å²) >= 11 is 0. The number of nitrogens with zero attached hydrogens (tertiary/aromatic N) is 6. The second kappa shape index (κ2) is 6.12. The first kappa shape index (κ1) is 16.4. The molecule has 5 rings (SSSR count). The van der Waals surface area contributed by atoms with Crippen LogP contribution in [0.25, 0.3) is 33.5 Å². The molecule has 0 radical (unpaired) electrons. The summed E-state index contributed by atoms with van der Waals surface area (Å²) in [6.45, 7) is 0. The van der Waals surface area contributed by atoms with Crippen LogP contribution < -0.4 is 4.74 Å². The molecule has 0 saturated heterocycles. The Labute approximate surface area is 159 Å². The smallest absolute Gasteiger partial charge is 0.303 e. The molecule has 28 heavy (non-hydrogen) atoms. The van der Waals surface area contributed by atoms with Gasteiger partial charge in [-0.05, 0) is 36.4 Å². The van der Waals surface area contributed by atoms with Gasteiger partial charge in [0.1, 0.15) is 28.3 Å². The number of hydrogen-bond acceptors (Lipinski definition) is 5. The highest BCUT2D eigenvalue weighted by Crippen LogP contribution is 2.29. The van der Waals surface area contributed by atoms with Crippen molar-refractivity contribution < 1.29 is 9.13 Å². The van der Waals surface area contributed by atoms with Gasteiger partial charge in [-0.3, -0.25) is 9.25 Å². The minimum Gasteiger partial charge on any atom is -0.425 e. The van der Waals surface area contributed by atoms with E-state index >= 15 is 0 Å². The monoisotopic (exact) mass is 374 g/mol. The Morgan fingerprint density at radius 1 is 1.04 bits per heavy atom. The summed E-state index contributed by atoms with van der Waals surface area (Å²) < 4.78 is 22.8. The van der Waals surface area contributed by atoms with Crippen molar-refractivity contribution in [1.29, 1.82) is 0 Å². The number of aromatic nitrogens is 6. The van der Waals surface area contributed by atoms with Crippen molar-refractivity contribution in [2.24, 2.45) is 14.1 Å². The molecule has 1 aromatic carbocycles. The lowest BCUT2D eigenvalue weighted by Crippen LogP contribution is -1.95. The van der Waals surface area contributed by atoms with Gasteiger partial charge < -0.3 is 4.74 Å². The van der Waals surface area contributed by atoms with Crippen LogP contribution in [0, 0.1) is 5.82 Å². The molecule has 0 aliphatic heterocycles. The fraction of sp³-hybridized carbons (Fsp3) is 0.100. The van der Waals surface area contributed by atoms with Crippen molar-refractivity contribution in [2.45, 2.75) is 0 Å². The zero-order valence-corrected chi connectivity index (χ0v) is 15.2. The molecule has 0 aliphatic rings. The Morgan fingerprint density at radius 2 is 1.86 bits per heavy atom. The summed E-state index contributed by atoms with van der Waals surface area (Å²) in [6.07, 6.45) is 2.92. The Bertz CT molecular complexity index is 1320. The molecule has 0 fully saturated rings. The predicted molar refractivity (Wildman–Crippen MR) is 102 cm³/mol. The van der Waals surface area contributed by atoms with Gasteiger partial charge in [0, 0.05) is 31.9 Å². The zero-order valence-electron chi connectivity index (χ0n) is 15.2. The van der Waals surface area contributed by atoms with Gasteiger partial charge in [0.25, 0.3) is 0 Å². The highest BCUT2D eigenvalue weighted by Gasteiger charge is 2.14. The predicted octanol–water partition coefficient (Wildman–Crippen LogP) is 3.85. The first-order chi connectivity index (χ1) is 13.6. The van der Waals surface area contributed by atoms with E-state index in [1.165, 1.54) is 12.3 Å². The van der Waals surface area contributed by atoms with E-state index in [0.717, 1.165) is 16.7 Å². The summed E-state index contributed by atoms with van der Waals surface area (Å²) in [5.74, 6) is 0.254. The summed E-state index contributed by atoms with van der Waals surface area (Å²) in [5, 5.41) is 4.48. The van der Waals surface area contributed by atoms with Crippen molar-refractivity contribution in [2.75, 3.05) is 0 Å². The molecule has 138 valence electrons. The molecule has 0 bridgehead atoms. The minimum atomic E-state index is -0.386. The SMILES string of the molecule is Cn1nc(-c2ccc(Oc3nc4cccnc4n3C)cc2)c2ncc(F)cc21. The van der Waals surface area contributed by atoms with Gasteiger partial charge in [-0.25, -0.2) is 14.4 Å². The van der Waals surface area contributed by atoms with Crippen LogP contribution in [0.5, 0.6) is 11.8 Å². The summed E-state index contributed by atoms with van der Waals surface area (Å²) in [5.41, 5.74) is 4.38. The summed E-state index contributed by atoms with van der Waals surface area (Å²) in [6, 6.07) is 13.1. The van der Waals surface area contributed by atoms with Gasteiger partial charge in [-0.1, -0.05) is 0 Å². The molecular weight excluding hydrogens is 359 g/mol. The highest BCUT2D eigenvalue weighted by molar-refractivity contribution is 5.89. The third kappa shape index (κ3) is 2.58. The van der Waals surface area contributed by atoms with Gasteiger partial charge in [0.2, 0.25) is 0 Å². The average Bonchev–Trinajstić information content (AvgIpc) is 3.20. The van der Waals surface area contributed by atoms with E-state index in [4.69, 9.17) is 4.74 Å². The van der Waals surface area contributed by atoms with Crippen LogP contribution in [0.3, 0.4) is 0 Å². The molecule has 4 aromatic heterocycles. The molecule has 8 heteroatoms. The fourth-order valence-electron chi connectivity index (χ4n) is 3.18. The first-order valence-corrected chi connectivity index (χ1v) is 8.64. The van der Waals surface area contributed by atoms with Crippen molar-refractivity contribution in [3.05, 3.63) is 60.7 Å².